The van der Waals surface area contributed by atoms with Crippen molar-refractivity contribution in [3.05, 3.63) is 41.0 Å². The van der Waals surface area contributed by atoms with Crippen LogP contribution < -0.4 is 5.32 Å². The molecular formula is C18H18F6N2. The van der Waals surface area contributed by atoms with Gasteiger partial charge in [0, 0.05) is 6.04 Å². The first-order valence-electron chi connectivity index (χ1n) is 8.42. The molecule has 1 saturated heterocycles. The Morgan fingerprint density at radius 2 is 1.81 bits per heavy atom. The SMILES string of the molecule is FC(F)(F)C1=Nc2c(cccc2C(F)(F)F)CC(CC2CCCCN2)=C1. The van der Waals surface area contributed by atoms with E-state index in [1.807, 2.05) is 0 Å². The topological polar surface area (TPSA) is 24.4 Å². The minimum Gasteiger partial charge on any atom is -0.314 e. The summed E-state index contributed by atoms with van der Waals surface area (Å²) in [5.41, 5.74) is -2.43. The number of piperidine rings is 1. The lowest BCUT2D eigenvalue weighted by Crippen LogP contribution is -2.34. The van der Waals surface area contributed by atoms with Gasteiger partial charge in [-0.05, 0) is 49.9 Å². The van der Waals surface area contributed by atoms with Gasteiger partial charge >= 0.3 is 12.4 Å². The third-order valence-electron chi connectivity index (χ3n) is 4.63. The number of fused-ring (bicyclic) bond motifs is 1. The molecule has 3 rings (SSSR count). The standard InChI is InChI=1S/C18H18F6N2/c19-17(20,21)14-6-3-4-12-8-11(9-13-5-1-2-7-25-13)10-15(18(22,23)24)26-16(12)14/h3-4,6,10,13,25H,1-2,5,7-9H2. The first-order valence-corrected chi connectivity index (χ1v) is 8.42. The van der Waals surface area contributed by atoms with Gasteiger partial charge in [-0.25, -0.2) is 4.99 Å². The van der Waals surface area contributed by atoms with Crippen molar-refractivity contribution in [2.45, 2.75) is 50.5 Å². The van der Waals surface area contributed by atoms with E-state index in [0.29, 0.717) is 12.0 Å². The molecule has 8 heteroatoms. The molecule has 0 spiro atoms. The predicted molar refractivity (Wildman–Crippen MR) is 86.6 cm³/mol. The zero-order chi connectivity index (χ0) is 18.9. The maximum absolute atomic E-state index is 13.3. The molecule has 1 N–H and O–H groups in total. The first kappa shape index (κ1) is 18.9. The van der Waals surface area contributed by atoms with Crippen LogP contribution in [0.2, 0.25) is 0 Å². The molecule has 1 aromatic carbocycles. The molecule has 0 aliphatic carbocycles. The summed E-state index contributed by atoms with van der Waals surface area (Å²) in [5.74, 6) is 0. The van der Waals surface area contributed by atoms with Crippen LogP contribution in [0, 0.1) is 0 Å². The van der Waals surface area contributed by atoms with E-state index in [4.69, 9.17) is 0 Å². The second kappa shape index (κ2) is 7.06. The van der Waals surface area contributed by atoms with Crippen LogP contribution in [0.4, 0.5) is 32.0 Å². The fourth-order valence-electron chi connectivity index (χ4n) is 3.43. The third kappa shape index (κ3) is 4.28. The Labute approximate surface area is 147 Å². The van der Waals surface area contributed by atoms with Crippen molar-refractivity contribution >= 4 is 11.4 Å². The monoisotopic (exact) mass is 376 g/mol. The van der Waals surface area contributed by atoms with Gasteiger partial charge in [-0.1, -0.05) is 24.1 Å². The van der Waals surface area contributed by atoms with Gasteiger partial charge in [0.25, 0.3) is 0 Å². The van der Waals surface area contributed by atoms with Crippen molar-refractivity contribution in [3.8, 4) is 0 Å². The molecule has 0 saturated carbocycles. The van der Waals surface area contributed by atoms with Crippen LogP contribution in [0.25, 0.3) is 0 Å². The molecule has 1 fully saturated rings. The summed E-state index contributed by atoms with van der Waals surface area (Å²) in [6, 6.07) is 3.43. The Bertz CT molecular complexity index is 724. The molecule has 2 aliphatic heterocycles. The van der Waals surface area contributed by atoms with Crippen LogP contribution in [0.1, 0.15) is 36.8 Å². The summed E-state index contributed by atoms with van der Waals surface area (Å²) in [6.45, 7) is 0.799. The number of hydrogen-bond donors (Lipinski definition) is 1. The highest BCUT2D eigenvalue weighted by Gasteiger charge is 2.39. The van der Waals surface area contributed by atoms with Crippen molar-refractivity contribution < 1.29 is 26.3 Å². The summed E-state index contributed by atoms with van der Waals surface area (Å²) >= 11 is 0. The number of rotatable bonds is 2. The lowest BCUT2D eigenvalue weighted by Gasteiger charge is -2.24. The Kier molecular flexibility index (Phi) is 5.14. The molecule has 2 aliphatic rings. The van der Waals surface area contributed by atoms with E-state index in [0.717, 1.165) is 37.9 Å². The van der Waals surface area contributed by atoms with Crippen LogP contribution in [0.15, 0.2) is 34.8 Å². The minimum absolute atomic E-state index is 0.0283. The Balaban J connectivity index is 2.02. The molecule has 26 heavy (non-hydrogen) atoms. The highest BCUT2D eigenvalue weighted by Crippen LogP contribution is 2.41. The first-order chi connectivity index (χ1) is 12.1. The smallest absolute Gasteiger partial charge is 0.314 e. The van der Waals surface area contributed by atoms with Gasteiger partial charge in [0.2, 0.25) is 0 Å². The van der Waals surface area contributed by atoms with Crippen LogP contribution in [-0.4, -0.2) is 24.5 Å². The van der Waals surface area contributed by atoms with Gasteiger partial charge in [0.05, 0.1) is 11.3 Å². The average molecular weight is 376 g/mol. The molecular weight excluding hydrogens is 358 g/mol. The lowest BCUT2D eigenvalue weighted by molar-refractivity contribution is -0.137. The fourth-order valence-corrected chi connectivity index (χ4v) is 3.43. The molecule has 2 heterocycles. The highest BCUT2D eigenvalue weighted by molar-refractivity contribution is 6.02. The molecule has 0 amide bonds. The van der Waals surface area contributed by atoms with Crippen molar-refractivity contribution in [2.75, 3.05) is 6.54 Å². The zero-order valence-electron chi connectivity index (χ0n) is 13.8. The van der Waals surface area contributed by atoms with E-state index in [-0.39, 0.29) is 18.0 Å². The van der Waals surface area contributed by atoms with Crippen LogP contribution in [0.5, 0.6) is 0 Å². The van der Waals surface area contributed by atoms with E-state index in [1.165, 1.54) is 12.1 Å². The summed E-state index contributed by atoms with van der Waals surface area (Å²) < 4.78 is 79.6. The van der Waals surface area contributed by atoms with Crippen LogP contribution in [-0.2, 0) is 12.6 Å². The van der Waals surface area contributed by atoms with E-state index >= 15 is 0 Å². The minimum atomic E-state index is -4.81. The second-order valence-electron chi connectivity index (χ2n) is 6.64. The number of benzene rings is 1. The number of aliphatic imine (C=N–C) groups is 1. The number of para-hydroxylation sites is 1. The average Bonchev–Trinajstić information content (AvgIpc) is 2.73. The normalized spacial score (nSPS) is 21.5. The molecule has 0 bridgehead atoms. The Hall–Kier alpha value is -1.83. The van der Waals surface area contributed by atoms with Crippen molar-refractivity contribution in [1.29, 1.82) is 0 Å². The fraction of sp³-hybridized carbons (Fsp3) is 0.500. The van der Waals surface area contributed by atoms with Crippen molar-refractivity contribution in [1.82, 2.24) is 5.32 Å². The number of allylic oxidation sites excluding steroid dienone is 1. The zero-order valence-corrected chi connectivity index (χ0v) is 13.8. The summed E-state index contributed by atoms with van der Waals surface area (Å²) in [7, 11) is 0. The highest BCUT2D eigenvalue weighted by atomic mass is 19.4. The number of nitrogens with one attached hydrogen (secondary N) is 1. The maximum Gasteiger partial charge on any atom is 0.433 e. The van der Waals surface area contributed by atoms with Crippen molar-refractivity contribution in [3.63, 3.8) is 0 Å². The molecule has 0 radical (unpaired) electrons. The molecule has 1 unspecified atom stereocenters. The summed E-state index contributed by atoms with van der Waals surface area (Å²) in [5, 5.41) is 3.26. The van der Waals surface area contributed by atoms with E-state index < -0.39 is 29.3 Å². The molecule has 1 aromatic rings. The Morgan fingerprint density at radius 1 is 1.04 bits per heavy atom. The van der Waals surface area contributed by atoms with Crippen LogP contribution >= 0.6 is 0 Å². The third-order valence-corrected chi connectivity index (χ3v) is 4.63. The number of alkyl halides is 6. The molecule has 2 nitrogen and oxygen atoms in total. The van der Waals surface area contributed by atoms with Gasteiger partial charge in [-0.3, -0.25) is 0 Å². The number of nitrogens with zero attached hydrogens (tertiary/aromatic N) is 1. The molecule has 1 atom stereocenters. The van der Waals surface area contributed by atoms with Gasteiger partial charge in [-0.2, -0.15) is 26.3 Å². The second-order valence-corrected chi connectivity index (χ2v) is 6.64. The van der Waals surface area contributed by atoms with Gasteiger partial charge in [0.15, 0.2) is 0 Å². The molecule has 142 valence electrons. The predicted octanol–water partition coefficient (Wildman–Crippen LogP) is 5.35. The maximum atomic E-state index is 13.3. The lowest BCUT2D eigenvalue weighted by atomic mass is 9.92. The number of halogens is 6. The quantitative estimate of drug-likeness (QED) is 0.691. The van der Waals surface area contributed by atoms with Crippen LogP contribution in [0.3, 0.4) is 0 Å². The van der Waals surface area contributed by atoms with Gasteiger partial charge in [0.1, 0.15) is 5.71 Å². The van der Waals surface area contributed by atoms with Gasteiger partial charge < -0.3 is 5.32 Å². The van der Waals surface area contributed by atoms with E-state index in [9.17, 15) is 26.3 Å². The summed E-state index contributed by atoms with van der Waals surface area (Å²) in [4.78, 5) is 3.39. The van der Waals surface area contributed by atoms with E-state index in [1.54, 1.807) is 0 Å². The van der Waals surface area contributed by atoms with Gasteiger partial charge in [-0.15, -0.1) is 0 Å². The molecule has 0 aromatic heterocycles. The number of hydrogen-bond acceptors (Lipinski definition) is 2. The van der Waals surface area contributed by atoms with Crippen molar-refractivity contribution in [2.24, 2.45) is 4.99 Å². The summed E-state index contributed by atoms with van der Waals surface area (Å²) in [6.07, 6.45) is -5.43. The largest absolute Gasteiger partial charge is 0.433 e. The Morgan fingerprint density at radius 3 is 2.42 bits per heavy atom. The van der Waals surface area contributed by atoms with E-state index in [2.05, 4.69) is 10.3 Å².